The third kappa shape index (κ3) is 2.76. The van der Waals surface area contributed by atoms with E-state index in [1.54, 1.807) is 13.3 Å². The number of halogens is 1. The predicted octanol–water partition coefficient (Wildman–Crippen LogP) is 2.93. The van der Waals surface area contributed by atoms with Gasteiger partial charge in [0.15, 0.2) is 10.9 Å². The Hall–Kier alpha value is -1.14. The first-order valence-corrected chi connectivity index (χ1v) is 6.51. The van der Waals surface area contributed by atoms with Crippen molar-refractivity contribution < 1.29 is 4.79 Å². The zero-order valence-corrected chi connectivity index (χ0v) is 11.7. The van der Waals surface area contributed by atoms with Crippen LogP contribution in [-0.2, 0) is 7.05 Å². The molecule has 0 fully saturated rings. The number of carbonyl (C=O) groups excluding carboxylic acids is 1. The highest BCUT2D eigenvalue weighted by Crippen LogP contribution is 2.30. The van der Waals surface area contributed by atoms with Crippen LogP contribution in [0.25, 0.3) is 0 Å². The lowest BCUT2D eigenvalue weighted by atomic mass is 10.1. The third-order valence-electron chi connectivity index (χ3n) is 2.19. The minimum absolute atomic E-state index is 0.0379. The van der Waals surface area contributed by atoms with Crippen molar-refractivity contribution in [3.63, 3.8) is 0 Å². The molecule has 0 atom stereocenters. The van der Waals surface area contributed by atoms with Crippen molar-refractivity contribution in [1.82, 2.24) is 14.8 Å². The minimum atomic E-state index is 0.0379. The predicted molar refractivity (Wildman–Crippen MR) is 69.3 cm³/mol. The molecule has 2 rings (SSSR count). The minimum Gasteiger partial charge on any atom is -0.311 e. The van der Waals surface area contributed by atoms with Crippen molar-refractivity contribution in [2.75, 3.05) is 0 Å². The van der Waals surface area contributed by atoms with E-state index >= 15 is 0 Å². The lowest BCUT2D eigenvalue weighted by Gasteiger charge is -2.06. The van der Waals surface area contributed by atoms with Gasteiger partial charge in [0.2, 0.25) is 0 Å². The van der Waals surface area contributed by atoms with Crippen molar-refractivity contribution in [1.29, 1.82) is 0 Å². The number of hydrogen-bond donors (Lipinski definition) is 0. The van der Waals surface area contributed by atoms with Gasteiger partial charge in [-0.05, 0) is 36.9 Å². The fourth-order valence-electron chi connectivity index (χ4n) is 1.33. The Morgan fingerprint density at radius 2 is 2.24 bits per heavy atom. The van der Waals surface area contributed by atoms with Crippen LogP contribution in [0.5, 0.6) is 0 Å². The lowest BCUT2D eigenvalue weighted by Crippen LogP contribution is -1.96. The maximum Gasteiger partial charge on any atom is 0.195 e. The maximum atomic E-state index is 11.6. The van der Waals surface area contributed by atoms with E-state index < -0.39 is 0 Å². The molecule has 0 aliphatic rings. The first kappa shape index (κ1) is 12.3. The molecule has 17 heavy (non-hydrogen) atoms. The first-order valence-electron chi connectivity index (χ1n) is 4.90. The zero-order chi connectivity index (χ0) is 12.4. The van der Waals surface area contributed by atoms with Gasteiger partial charge in [0.05, 0.1) is 0 Å². The van der Waals surface area contributed by atoms with Crippen LogP contribution in [0.1, 0.15) is 17.3 Å². The Kier molecular flexibility index (Phi) is 3.63. The number of Topliss-reactive ketones (excluding diaryl/α,β-unsaturated/α-hetero) is 1. The highest BCUT2D eigenvalue weighted by molar-refractivity contribution is 9.10. The molecule has 0 aliphatic heterocycles. The number of ketones is 1. The molecular formula is C11H10BrN3OS. The SMILES string of the molecule is CC(=O)c1cc(Br)ccc1Sc1nncn1C. The van der Waals surface area contributed by atoms with Crippen LogP contribution in [0.4, 0.5) is 0 Å². The number of aromatic nitrogens is 3. The standard InChI is InChI=1S/C11H10BrN3OS/c1-7(16)9-5-8(12)3-4-10(9)17-11-14-13-6-15(11)2/h3-6H,1-2H3. The summed E-state index contributed by atoms with van der Waals surface area (Å²) in [6.07, 6.45) is 1.63. The van der Waals surface area contributed by atoms with E-state index in [0.717, 1.165) is 14.5 Å². The van der Waals surface area contributed by atoms with E-state index in [-0.39, 0.29) is 5.78 Å². The Balaban J connectivity index is 2.39. The molecule has 0 saturated carbocycles. The summed E-state index contributed by atoms with van der Waals surface area (Å²) in [5, 5.41) is 8.55. The summed E-state index contributed by atoms with van der Waals surface area (Å²) in [4.78, 5) is 12.4. The summed E-state index contributed by atoms with van der Waals surface area (Å²) in [6, 6.07) is 5.63. The molecule has 0 bridgehead atoms. The molecule has 1 aromatic heterocycles. The number of rotatable bonds is 3. The second kappa shape index (κ2) is 5.01. The maximum absolute atomic E-state index is 11.6. The van der Waals surface area contributed by atoms with Gasteiger partial charge in [-0.15, -0.1) is 10.2 Å². The summed E-state index contributed by atoms with van der Waals surface area (Å²) in [5.74, 6) is 0.0379. The van der Waals surface area contributed by atoms with Crippen molar-refractivity contribution in [2.45, 2.75) is 17.0 Å². The second-order valence-electron chi connectivity index (χ2n) is 3.52. The first-order chi connectivity index (χ1) is 8.08. The average molecular weight is 312 g/mol. The Morgan fingerprint density at radius 3 is 2.82 bits per heavy atom. The van der Waals surface area contributed by atoms with E-state index in [1.165, 1.54) is 11.8 Å². The van der Waals surface area contributed by atoms with E-state index in [9.17, 15) is 4.79 Å². The van der Waals surface area contributed by atoms with Crippen LogP contribution in [0.3, 0.4) is 0 Å². The van der Waals surface area contributed by atoms with E-state index in [0.29, 0.717) is 5.56 Å². The van der Waals surface area contributed by atoms with Crippen LogP contribution < -0.4 is 0 Å². The Bertz CT molecular complexity index is 568. The van der Waals surface area contributed by atoms with Gasteiger partial charge in [-0.25, -0.2) is 0 Å². The second-order valence-corrected chi connectivity index (χ2v) is 5.45. The summed E-state index contributed by atoms with van der Waals surface area (Å²) < 4.78 is 2.71. The van der Waals surface area contributed by atoms with Crippen LogP contribution in [0.15, 0.2) is 39.1 Å². The molecule has 4 nitrogen and oxygen atoms in total. The molecule has 0 radical (unpaired) electrons. The fraction of sp³-hybridized carbons (Fsp3) is 0.182. The fourth-order valence-corrected chi connectivity index (χ4v) is 2.62. The average Bonchev–Trinajstić information content (AvgIpc) is 2.67. The van der Waals surface area contributed by atoms with Gasteiger partial charge < -0.3 is 4.57 Å². The molecule has 6 heteroatoms. The van der Waals surface area contributed by atoms with Crippen molar-refractivity contribution in [2.24, 2.45) is 7.05 Å². The van der Waals surface area contributed by atoms with Gasteiger partial charge >= 0.3 is 0 Å². The normalized spacial score (nSPS) is 10.5. The van der Waals surface area contributed by atoms with Crippen LogP contribution in [0.2, 0.25) is 0 Å². The summed E-state index contributed by atoms with van der Waals surface area (Å²) in [5.41, 5.74) is 0.687. The number of aryl methyl sites for hydroxylation is 1. The highest BCUT2D eigenvalue weighted by Gasteiger charge is 2.11. The number of hydrogen-bond acceptors (Lipinski definition) is 4. The van der Waals surface area contributed by atoms with Gasteiger partial charge in [-0.3, -0.25) is 4.79 Å². The molecule has 2 aromatic rings. The quantitative estimate of drug-likeness (QED) is 0.818. The molecule has 88 valence electrons. The molecule has 0 amide bonds. The van der Waals surface area contributed by atoms with Gasteiger partial charge in [0.1, 0.15) is 6.33 Å². The number of benzene rings is 1. The van der Waals surface area contributed by atoms with E-state index in [1.807, 2.05) is 29.8 Å². The summed E-state index contributed by atoms with van der Waals surface area (Å²) in [7, 11) is 1.87. The summed E-state index contributed by atoms with van der Waals surface area (Å²) >= 11 is 4.79. The number of nitrogens with zero attached hydrogens (tertiary/aromatic N) is 3. The third-order valence-corrected chi connectivity index (χ3v) is 3.81. The number of carbonyl (C=O) groups is 1. The smallest absolute Gasteiger partial charge is 0.195 e. The molecule has 0 aliphatic carbocycles. The van der Waals surface area contributed by atoms with Crippen LogP contribution in [-0.4, -0.2) is 20.5 Å². The Morgan fingerprint density at radius 1 is 1.47 bits per heavy atom. The molecule has 0 N–H and O–H groups in total. The molecule has 1 heterocycles. The molecule has 0 saturated heterocycles. The van der Waals surface area contributed by atoms with Gasteiger partial charge in [-0.2, -0.15) is 0 Å². The van der Waals surface area contributed by atoms with E-state index in [2.05, 4.69) is 26.1 Å². The van der Waals surface area contributed by atoms with Crippen molar-refractivity contribution >= 4 is 33.5 Å². The van der Waals surface area contributed by atoms with Gasteiger partial charge in [0, 0.05) is 22.0 Å². The Labute approximate surface area is 112 Å². The monoisotopic (exact) mass is 311 g/mol. The molecule has 1 aromatic carbocycles. The van der Waals surface area contributed by atoms with Gasteiger partial charge in [0.25, 0.3) is 0 Å². The van der Waals surface area contributed by atoms with Gasteiger partial charge in [-0.1, -0.05) is 15.9 Å². The lowest BCUT2D eigenvalue weighted by molar-refractivity contribution is 0.101. The molecular weight excluding hydrogens is 302 g/mol. The van der Waals surface area contributed by atoms with Crippen LogP contribution in [0, 0.1) is 0 Å². The highest BCUT2D eigenvalue weighted by atomic mass is 79.9. The van der Waals surface area contributed by atoms with Crippen molar-refractivity contribution in [3.8, 4) is 0 Å². The zero-order valence-electron chi connectivity index (χ0n) is 9.35. The molecule has 0 spiro atoms. The molecule has 0 unspecified atom stereocenters. The van der Waals surface area contributed by atoms with Crippen LogP contribution >= 0.6 is 27.7 Å². The largest absolute Gasteiger partial charge is 0.311 e. The van der Waals surface area contributed by atoms with Crippen molar-refractivity contribution in [3.05, 3.63) is 34.6 Å². The topological polar surface area (TPSA) is 47.8 Å². The summed E-state index contributed by atoms with van der Waals surface area (Å²) in [6.45, 7) is 1.56. The van der Waals surface area contributed by atoms with E-state index in [4.69, 9.17) is 0 Å².